The van der Waals surface area contributed by atoms with E-state index in [9.17, 15) is 4.21 Å². The third-order valence-electron chi connectivity index (χ3n) is 0.146. The standard InChI is InChI=1S/C2H3NO2S/c1-2-3-6(4)5/h1,3H,(H,4,5). The van der Waals surface area contributed by atoms with E-state index in [2.05, 4.69) is 6.42 Å². The van der Waals surface area contributed by atoms with Gasteiger partial charge in [0.25, 0.3) is 11.3 Å². The van der Waals surface area contributed by atoms with Crippen LogP contribution in [0.2, 0.25) is 0 Å². The monoisotopic (exact) mass is 105 g/mol. The Kier molecular flexibility index (Phi) is 2.46. The molecule has 0 heterocycles. The van der Waals surface area contributed by atoms with Gasteiger partial charge in [-0.2, -0.15) is 0 Å². The van der Waals surface area contributed by atoms with E-state index in [1.54, 1.807) is 10.8 Å². The summed E-state index contributed by atoms with van der Waals surface area (Å²) >= 11 is -2.05. The van der Waals surface area contributed by atoms with Crippen molar-refractivity contribution in [3.05, 3.63) is 0 Å². The average molecular weight is 105 g/mol. The molecule has 0 aromatic rings. The van der Waals surface area contributed by atoms with E-state index in [4.69, 9.17) is 4.55 Å². The maximum Gasteiger partial charge on any atom is 0.266 e. The molecule has 0 fully saturated rings. The van der Waals surface area contributed by atoms with Gasteiger partial charge in [0.1, 0.15) is 0 Å². The predicted molar refractivity (Wildman–Crippen MR) is 22.7 cm³/mol. The zero-order valence-electron chi connectivity index (χ0n) is 2.84. The van der Waals surface area contributed by atoms with Crippen molar-refractivity contribution in [2.24, 2.45) is 0 Å². The lowest BCUT2D eigenvalue weighted by atomic mass is 11.2. The summed E-state index contributed by atoms with van der Waals surface area (Å²) in [6.45, 7) is 0. The number of nitrogens with one attached hydrogen (secondary N) is 1. The van der Waals surface area contributed by atoms with Crippen LogP contribution in [-0.4, -0.2) is 8.76 Å². The molecule has 0 saturated carbocycles. The first kappa shape index (κ1) is 5.47. The molecule has 2 N–H and O–H groups in total. The lowest BCUT2D eigenvalue weighted by Crippen LogP contribution is -2.06. The first-order chi connectivity index (χ1) is 2.77. The molecule has 0 spiro atoms. The molecular formula is C2H3NO2S. The summed E-state index contributed by atoms with van der Waals surface area (Å²) in [5.74, 6) is 0. The summed E-state index contributed by atoms with van der Waals surface area (Å²) in [7, 11) is 0. The topological polar surface area (TPSA) is 49.3 Å². The second kappa shape index (κ2) is 2.69. The first-order valence-corrected chi connectivity index (χ1v) is 2.20. The minimum atomic E-state index is -2.05. The smallest absolute Gasteiger partial charge is 0.266 e. The van der Waals surface area contributed by atoms with Crippen molar-refractivity contribution in [2.75, 3.05) is 0 Å². The van der Waals surface area contributed by atoms with Crippen LogP contribution in [0.3, 0.4) is 0 Å². The van der Waals surface area contributed by atoms with Crippen LogP contribution in [-0.2, 0) is 11.3 Å². The SMILES string of the molecule is C#CNS(=O)O. The van der Waals surface area contributed by atoms with Crippen molar-refractivity contribution < 1.29 is 8.76 Å². The van der Waals surface area contributed by atoms with Crippen molar-refractivity contribution in [3.8, 4) is 12.5 Å². The van der Waals surface area contributed by atoms with Gasteiger partial charge in [0, 0.05) is 6.04 Å². The van der Waals surface area contributed by atoms with Gasteiger partial charge < -0.3 is 0 Å². The van der Waals surface area contributed by atoms with E-state index in [1.807, 2.05) is 0 Å². The Morgan fingerprint density at radius 1 is 2.00 bits per heavy atom. The summed E-state index contributed by atoms with van der Waals surface area (Å²) in [5.41, 5.74) is 0. The Labute approximate surface area is 38.2 Å². The number of hydrogen-bond donors (Lipinski definition) is 2. The van der Waals surface area contributed by atoms with Crippen molar-refractivity contribution in [2.45, 2.75) is 0 Å². The highest BCUT2D eigenvalue weighted by atomic mass is 32.2. The maximum absolute atomic E-state index is 9.46. The summed E-state index contributed by atoms with van der Waals surface area (Å²) in [4.78, 5) is 0. The quantitative estimate of drug-likeness (QED) is 0.263. The van der Waals surface area contributed by atoms with Crippen LogP contribution in [0, 0.1) is 12.5 Å². The van der Waals surface area contributed by atoms with Gasteiger partial charge in [0.2, 0.25) is 0 Å². The Morgan fingerprint density at radius 3 is 2.50 bits per heavy atom. The summed E-state index contributed by atoms with van der Waals surface area (Å²) in [5, 5.41) is 0. The lowest BCUT2D eigenvalue weighted by molar-refractivity contribution is 0.559. The molecule has 0 aromatic heterocycles. The number of terminal acetylenes is 1. The molecule has 0 rings (SSSR count). The third-order valence-corrected chi connectivity index (χ3v) is 0.439. The second-order valence-electron chi connectivity index (χ2n) is 0.496. The van der Waals surface area contributed by atoms with Gasteiger partial charge in [-0.15, -0.1) is 0 Å². The molecule has 0 radical (unpaired) electrons. The van der Waals surface area contributed by atoms with Crippen LogP contribution in [0.5, 0.6) is 0 Å². The minimum Gasteiger partial charge on any atom is -0.289 e. The zero-order valence-corrected chi connectivity index (χ0v) is 3.66. The van der Waals surface area contributed by atoms with Gasteiger partial charge in [-0.3, -0.25) is 4.55 Å². The molecule has 4 heteroatoms. The van der Waals surface area contributed by atoms with Gasteiger partial charge >= 0.3 is 0 Å². The van der Waals surface area contributed by atoms with Crippen LogP contribution < -0.4 is 4.72 Å². The van der Waals surface area contributed by atoms with E-state index < -0.39 is 11.3 Å². The number of hydrogen-bond acceptors (Lipinski definition) is 1. The molecule has 6 heavy (non-hydrogen) atoms. The molecular weight excluding hydrogens is 102 g/mol. The van der Waals surface area contributed by atoms with Crippen molar-refractivity contribution >= 4 is 11.3 Å². The molecule has 0 aliphatic heterocycles. The fourth-order valence-corrected chi connectivity index (χ4v) is 0.151. The van der Waals surface area contributed by atoms with Gasteiger partial charge in [0.05, 0.1) is 0 Å². The molecule has 1 atom stereocenters. The van der Waals surface area contributed by atoms with Crippen LogP contribution in [0.25, 0.3) is 0 Å². The first-order valence-electron chi connectivity index (χ1n) is 1.09. The predicted octanol–water partition coefficient (Wildman–Crippen LogP) is -0.697. The second-order valence-corrected chi connectivity index (χ2v) is 1.20. The number of rotatable bonds is 1. The molecule has 0 aliphatic rings. The molecule has 34 valence electrons. The average Bonchev–Trinajstić information content (AvgIpc) is 1.35. The Bertz CT molecular complexity index is 94.2. The molecule has 0 aromatic carbocycles. The molecule has 3 nitrogen and oxygen atoms in total. The van der Waals surface area contributed by atoms with Crippen LogP contribution >= 0.6 is 0 Å². The largest absolute Gasteiger partial charge is 0.289 e. The van der Waals surface area contributed by atoms with E-state index in [0.717, 1.165) is 0 Å². The molecule has 0 aliphatic carbocycles. The summed E-state index contributed by atoms with van der Waals surface area (Å²) in [6, 6.07) is 1.77. The third kappa shape index (κ3) is 3.47. The van der Waals surface area contributed by atoms with E-state index >= 15 is 0 Å². The van der Waals surface area contributed by atoms with Crippen LogP contribution in [0.4, 0.5) is 0 Å². The van der Waals surface area contributed by atoms with Crippen LogP contribution in [0.1, 0.15) is 0 Å². The normalized spacial score (nSPS) is 12.0. The van der Waals surface area contributed by atoms with Crippen molar-refractivity contribution in [1.29, 1.82) is 0 Å². The lowest BCUT2D eigenvalue weighted by Gasteiger charge is -1.79. The van der Waals surface area contributed by atoms with Gasteiger partial charge in [-0.05, 0) is 0 Å². The maximum atomic E-state index is 9.46. The summed E-state index contributed by atoms with van der Waals surface area (Å²) < 4.78 is 19.0. The molecule has 0 bridgehead atoms. The zero-order chi connectivity index (χ0) is 4.99. The highest BCUT2D eigenvalue weighted by Gasteiger charge is 1.75. The van der Waals surface area contributed by atoms with Crippen molar-refractivity contribution in [3.63, 3.8) is 0 Å². The fourth-order valence-electron chi connectivity index (χ4n) is 0.0504. The fraction of sp³-hybridized carbons (Fsp3) is 0. The molecule has 1 unspecified atom stereocenters. The van der Waals surface area contributed by atoms with Crippen LogP contribution in [0.15, 0.2) is 0 Å². The molecule has 0 amide bonds. The Morgan fingerprint density at radius 2 is 2.50 bits per heavy atom. The van der Waals surface area contributed by atoms with Gasteiger partial charge in [0.15, 0.2) is 0 Å². The molecule has 0 saturated heterocycles. The van der Waals surface area contributed by atoms with E-state index in [0.29, 0.717) is 0 Å². The highest BCUT2D eigenvalue weighted by Crippen LogP contribution is 1.52. The van der Waals surface area contributed by atoms with Gasteiger partial charge in [-0.25, -0.2) is 8.93 Å². The van der Waals surface area contributed by atoms with Crippen molar-refractivity contribution in [1.82, 2.24) is 4.72 Å². The summed E-state index contributed by atoms with van der Waals surface area (Å²) in [6.07, 6.45) is 4.52. The minimum absolute atomic E-state index is 1.76. The Hall–Kier alpha value is -0.530. The highest BCUT2D eigenvalue weighted by molar-refractivity contribution is 7.77. The van der Waals surface area contributed by atoms with Gasteiger partial charge in [-0.1, -0.05) is 6.42 Å². The van der Waals surface area contributed by atoms with E-state index in [-0.39, 0.29) is 0 Å². The Balaban J connectivity index is 3.13. The van der Waals surface area contributed by atoms with E-state index in [1.165, 1.54) is 0 Å².